The smallest absolute Gasteiger partial charge is 0.243 e. The van der Waals surface area contributed by atoms with Crippen LogP contribution < -0.4 is 29.7 Å². The van der Waals surface area contributed by atoms with Crippen LogP contribution in [0.5, 0.6) is 17.2 Å². The van der Waals surface area contributed by atoms with Crippen LogP contribution in [0.15, 0.2) is 36.4 Å². The van der Waals surface area contributed by atoms with Crippen molar-refractivity contribution in [2.45, 2.75) is 100 Å². The normalized spacial score (nSPS) is 12.4. The summed E-state index contributed by atoms with van der Waals surface area (Å²) in [5, 5.41) is 0. The summed E-state index contributed by atoms with van der Waals surface area (Å²) in [4.78, 5) is 0. The number of aryl methyl sites for hydroxylation is 6. The van der Waals surface area contributed by atoms with Crippen LogP contribution in [0, 0.1) is 41.5 Å². The van der Waals surface area contributed by atoms with Crippen LogP contribution >= 0.6 is 0 Å². The van der Waals surface area contributed by atoms with E-state index in [0.29, 0.717) is 0 Å². The Kier molecular flexibility index (Phi) is 9.34. The first-order valence-electron chi connectivity index (χ1n) is 14.6. The molecule has 0 unspecified atom stereocenters. The number of benzene rings is 3. The van der Waals surface area contributed by atoms with Gasteiger partial charge in [0.2, 0.25) is 31.7 Å². The van der Waals surface area contributed by atoms with Gasteiger partial charge in [-0.05, 0) is 137 Å². The van der Waals surface area contributed by atoms with Gasteiger partial charge in [-0.1, -0.05) is 49.8 Å². The number of hydrogen-bond donors (Lipinski definition) is 0. The summed E-state index contributed by atoms with van der Waals surface area (Å²) in [5.74, 6) is 2.95. The van der Waals surface area contributed by atoms with Gasteiger partial charge >= 0.3 is 0 Å². The molecule has 3 aromatic carbocycles. The maximum absolute atomic E-state index is 6.44. The van der Waals surface area contributed by atoms with Crippen molar-refractivity contribution in [1.29, 1.82) is 0 Å². The van der Waals surface area contributed by atoms with Crippen molar-refractivity contribution in [3.8, 4) is 17.2 Å². The van der Waals surface area contributed by atoms with Crippen LogP contribution in [0.2, 0.25) is 58.9 Å². The minimum Gasteiger partial charge on any atom is -0.544 e. The summed E-state index contributed by atoms with van der Waals surface area (Å²) in [6.07, 6.45) is 0. The van der Waals surface area contributed by atoms with Crippen molar-refractivity contribution < 1.29 is 13.3 Å². The van der Waals surface area contributed by atoms with Gasteiger partial charge in [-0.15, -0.1) is 0 Å². The lowest BCUT2D eigenvalue weighted by atomic mass is 9.33. The van der Waals surface area contributed by atoms with Crippen LogP contribution in [0.3, 0.4) is 0 Å². The van der Waals surface area contributed by atoms with Gasteiger partial charge in [-0.2, -0.15) is 0 Å². The fourth-order valence-corrected chi connectivity index (χ4v) is 8.32. The Balaban J connectivity index is 2.33. The Morgan fingerprint density at radius 2 is 0.550 bits per heavy atom. The van der Waals surface area contributed by atoms with Crippen LogP contribution in [0.1, 0.15) is 33.4 Å². The molecule has 3 aromatic rings. The van der Waals surface area contributed by atoms with Gasteiger partial charge in [0.1, 0.15) is 17.2 Å². The van der Waals surface area contributed by atoms with Crippen LogP contribution in [-0.2, 0) is 0 Å². The van der Waals surface area contributed by atoms with Crippen molar-refractivity contribution in [2.75, 3.05) is 0 Å². The van der Waals surface area contributed by atoms with E-state index in [1.165, 1.54) is 49.8 Å². The quantitative estimate of drug-likeness (QED) is 0.239. The van der Waals surface area contributed by atoms with Gasteiger partial charge in [-0.3, -0.25) is 0 Å². The van der Waals surface area contributed by atoms with Crippen molar-refractivity contribution >= 4 is 48.1 Å². The van der Waals surface area contributed by atoms with Crippen molar-refractivity contribution in [3.05, 3.63) is 69.8 Å². The molecule has 0 aliphatic heterocycles. The minimum absolute atomic E-state index is 0.0859. The van der Waals surface area contributed by atoms with Gasteiger partial charge in [0.25, 0.3) is 0 Å². The Morgan fingerprint density at radius 3 is 0.700 bits per heavy atom. The zero-order valence-electron chi connectivity index (χ0n) is 27.8. The van der Waals surface area contributed by atoms with E-state index in [0.717, 1.165) is 17.2 Å². The highest BCUT2D eigenvalue weighted by atomic mass is 28.4. The monoisotopic (exact) mass is 590 g/mol. The maximum Gasteiger partial charge on any atom is 0.243 e. The van der Waals surface area contributed by atoms with E-state index in [1.807, 2.05) is 0 Å². The SMILES string of the molecule is Cc1cc(O[Si](C)(C)C)cc(C)c1B(c1c(C)cc(O[Si](C)(C)C)cc1C)c1c(C)cc(O[Si](C)(C)C)cc1C. The molecular formula is C33H51BO3Si3. The van der Waals surface area contributed by atoms with E-state index in [2.05, 4.69) is 137 Å². The first-order chi connectivity index (χ1) is 18.1. The predicted molar refractivity (Wildman–Crippen MR) is 184 cm³/mol. The molecule has 0 spiro atoms. The Labute approximate surface area is 248 Å². The van der Waals surface area contributed by atoms with Crippen LogP contribution in [0.25, 0.3) is 0 Å². The van der Waals surface area contributed by atoms with E-state index in [4.69, 9.17) is 13.3 Å². The topological polar surface area (TPSA) is 27.7 Å². The summed E-state index contributed by atoms with van der Waals surface area (Å²) in [6, 6.07) is 13.5. The summed E-state index contributed by atoms with van der Waals surface area (Å²) >= 11 is 0. The van der Waals surface area contributed by atoms with Gasteiger partial charge in [0, 0.05) is 0 Å². The van der Waals surface area contributed by atoms with Crippen molar-refractivity contribution in [1.82, 2.24) is 0 Å². The Bertz CT molecular complexity index is 1160. The molecule has 0 radical (unpaired) electrons. The average molecular weight is 591 g/mol. The minimum atomic E-state index is -1.73. The molecule has 0 saturated carbocycles. The van der Waals surface area contributed by atoms with E-state index >= 15 is 0 Å². The molecule has 40 heavy (non-hydrogen) atoms. The predicted octanol–water partition coefficient (Wildman–Crippen LogP) is 7.69. The molecule has 0 saturated heterocycles. The average Bonchev–Trinajstić information content (AvgIpc) is 2.68. The number of hydrogen-bond acceptors (Lipinski definition) is 3. The fraction of sp³-hybridized carbons (Fsp3) is 0.455. The highest BCUT2D eigenvalue weighted by Crippen LogP contribution is 2.25. The second-order valence-corrected chi connectivity index (χ2v) is 27.8. The summed E-state index contributed by atoms with van der Waals surface area (Å²) in [6.45, 7) is 33.7. The van der Waals surface area contributed by atoms with E-state index < -0.39 is 25.0 Å². The lowest BCUT2D eigenvalue weighted by Crippen LogP contribution is -2.57. The Hall–Kier alpha value is -2.22. The molecule has 216 valence electrons. The third-order valence-electron chi connectivity index (χ3n) is 6.84. The lowest BCUT2D eigenvalue weighted by molar-refractivity contribution is 0.556. The molecule has 0 aromatic heterocycles. The lowest BCUT2D eigenvalue weighted by Gasteiger charge is -2.29. The molecule has 7 heteroatoms. The van der Waals surface area contributed by atoms with Gasteiger partial charge < -0.3 is 13.3 Å². The first-order valence-corrected chi connectivity index (χ1v) is 24.8. The molecule has 0 heterocycles. The summed E-state index contributed by atoms with van der Waals surface area (Å²) < 4.78 is 19.3. The molecule has 0 atom stereocenters. The van der Waals surface area contributed by atoms with Gasteiger partial charge in [0.05, 0.1) is 0 Å². The van der Waals surface area contributed by atoms with E-state index in [9.17, 15) is 0 Å². The van der Waals surface area contributed by atoms with E-state index in [1.54, 1.807) is 0 Å². The standard InChI is InChI=1S/C33H51BO3Si3/c1-22-16-28(35-38(7,8)9)17-23(2)31(22)34(32-24(3)18-29(19-25(32)4)36-39(10,11)12)33-26(5)20-30(21-27(33)6)37-40(13,14)15/h16-21H,1-15H3. The molecule has 0 fully saturated rings. The molecule has 0 aliphatic rings. The Morgan fingerprint density at radius 1 is 0.375 bits per heavy atom. The molecular weight excluding hydrogens is 539 g/mol. The second kappa shape index (κ2) is 11.6. The van der Waals surface area contributed by atoms with Crippen molar-refractivity contribution in [3.63, 3.8) is 0 Å². The highest BCUT2D eigenvalue weighted by Gasteiger charge is 2.32. The zero-order chi connectivity index (χ0) is 30.4. The third-order valence-corrected chi connectivity index (χ3v) is 9.38. The highest BCUT2D eigenvalue weighted by molar-refractivity contribution is 6.97. The molecule has 0 aliphatic carbocycles. The van der Waals surface area contributed by atoms with Crippen LogP contribution in [0.4, 0.5) is 0 Å². The largest absolute Gasteiger partial charge is 0.544 e. The first kappa shape index (κ1) is 32.3. The van der Waals surface area contributed by atoms with Crippen LogP contribution in [-0.4, -0.2) is 31.7 Å². The number of rotatable bonds is 9. The molecule has 3 nitrogen and oxygen atoms in total. The molecule has 3 rings (SSSR count). The summed E-state index contributed by atoms with van der Waals surface area (Å²) in [5.41, 5.74) is 11.7. The third kappa shape index (κ3) is 8.17. The second-order valence-electron chi connectivity index (χ2n) is 14.5. The van der Waals surface area contributed by atoms with E-state index in [-0.39, 0.29) is 6.71 Å². The van der Waals surface area contributed by atoms with Gasteiger partial charge in [0.15, 0.2) is 0 Å². The zero-order valence-corrected chi connectivity index (χ0v) is 30.8. The maximum atomic E-state index is 6.44. The molecule has 0 N–H and O–H groups in total. The van der Waals surface area contributed by atoms with Crippen molar-refractivity contribution in [2.24, 2.45) is 0 Å². The fourth-order valence-electron chi connectivity index (χ4n) is 5.84. The molecule has 0 amide bonds. The molecule has 0 bridgehead atoms. The summed E-state index contributed by atoms with van der Waals surface area (Å²) in [7, 11) is -5.18. The van der Waals surface area contributed by atoms with Gasteiger partial charge in [-0.25, -0.2) is 0 Å².